The molecule has 0 aliphatic carbocycles. The molecule has 0 saturated carbocycles. The second-order valence-corrected chi connectivity index (χ2v) is 7.48. The van der Waals surface area contributed by atoms with Gasteiger partial charge in [-0.3, -0.25) is 4.90 Å². The van der Waals surface area contributed by atoms with Gasteiger partial charge >= 0.3 is 0 Å². The van der Waals surface area contributed by atoms with Crippen LogP contribution in [0.2, 0.25) is 0 Å². The molecular weight excluding hydrogens is 284 g/mol. The summed E-state index contributed by atoms with van der Waals surface area (Å²) in [5.41, 5.74) is 7.97. The minimum absolute atomic E-state index is 0.205. The van der Waals surface area contributed by atoms with E-state index in [1.54, 1.807) is 4.88 Å². The fraction of sp³-hybridized carbons (Fsp3) is 0.500. The number of fused-ring (bicyclic) bond motifs is 1. The largest absolute Gasteiger partial charge is 0.326 e. The molecule has 20 heavy (non-hydrogen) atoms. The lowest BCUT2D eigenvalue weighted by atomic mass is 9.95. The monoisotopic (exact) mass is 306 g/mol. The van der Waals surface area contributed by atoms with Gasteiger partial charge in [-0.25, -0.2) is 0 Å². The first kappa shape index (κ1) is 14.3. The first-order chi connectivity index (χ1) is 9.72. The molecule has 1 aliphatic heterocycles. The lowest BCUT2D eigenvalue weighted by Gasteiger charge is -2.41. The van der Waals surface area contributed by atoms with E-state index in [1.165, 1.54) is 10.4 Å². The van der Waals surface area contributed by atoms with E-state index < -0.39 is 0 Å². The van der Waals surface area contributed by atoms with Gasteiger partial charge in [0.05, 0.1) is 6.04 Å². The predicted molar refractivity (Wildman–Crippen MR) is 88.5 cm³/mol. The average molecular weight is 306 g/mol. The minimum Gasteiger partial charge on any atom is -0.326 e. The van der Waals surface area contributed by atoms with E-state index in [1.807, 2.05) is 22.7 Å². The van der Waals surface area contributed by atoms with Gasteiger partial charge in [-0.05, 0) is 48.2 Å². The summed E-state index contributed by atoms with van der Waals surface area (Å²) in [5.74, 6) is 0. The fourth-order valence-electron chi connectivity index (χ4n) is 3.21. The van der Waals surface area contributed by atoms with Crippen LogP contribution in [0.3, 0.4) is 0 Å². The Hall–Kier alpha value is -0.680. The molecule has 2 aromatic heterocycles. The summed E-state index contributed by atoms with van der Waals surface area (Å²) in [5, 5.41) is 4.39. The molecule has 4 heteroatoms. The van der Waals surface area contributed by atoms with Gasteiger partial charge in [0.15, 0.2) is 0 Å². The molecule has 3 atom stereocenters. The molecule has 3 unspecified atom stereocenters. The van der Waals surface area contributed by atoms with Gasteiger partial charge in [0.2, 0.25) is 0 Å². The molecule has 1 aliphatic rings. The van der Waals surface area contributed by atoms with Crippen molar-refractivity contribution < 1.29 is 0 Å². The second kappa shape index (κ2) is 5.98. The van der Waals surface area contributed by atoms with Gasteiger partial charge in [0, 0.05) is 28.4 Å². The van der Waals surface area contributed by atoms with Crippen molar-refractivity contribution in [1.29, 1.82) is 0 Å². The molecule has 2 nitrogen and oxygen atoms in total. The van der Waals surface area contributed by atoms with Crippen molar-refractivity contribution in [1.82, 2.24) is 4.90 Å². The highest BCUT2D eigenvalue weighted by atomic mass is 32.1. The van der Waals surface area contributed by atoms with Crippen LogP contribution in [0.4, 0.5) is 0 Å². The number of rotatable bonds is 4. The van der Waals surface area contributed by atoms with Gasteiger partial charge in [-0.15, -0.1) is 22.7 Å². The van der Waals surface area contributed by atoms with E-state index in [0.29, 0.717) is 12.1 Å². The lowest BCUT2D eigenvalue weighted by Crippen LogP contribution is -2.44. The van der Waals surface area contributed by atoms with Gasteiger partial charge < -0.3 is 5.73 Å². The van der Waals surface area contributed by atoms with E-state index in [4.69, 9.17) is 5.73 Å². The highest BCUT2D eigenvalue weighted by Gasteiger charge is 2.34. The third kappa shape index (κ3) is 2.46. The summed E-state index contributed by atoms with van der Waals surface area (Å²) in [6, 6.07) is 7.69. The summed E-state index contributed by atoms with van der Waals surface area (Å²) in [6.07, 6.45) is 2.18. The van der Waals surface area contributed by atoms with Crippen molar-refractivity contribution in [3.8, 4) is 0 Å². The Morgan fingerprint density at radius 3 is 2.90 bits per heavy atom. The molecule has 0 aromatic carbocycles. The highest BCUT2D eigenvalue weighted by molar-refractivity contribution is 7.10. The Labute approximate surface area is 129 Å². The standard InChI is InChI=1S/C16H22N2S2/c1-3-13(17)16(15-5-4-9-19-15)18-8-6-14-12(11(18)2)7-10-20-14/h4-5,7,9-11,13,16H,3,6,8,17H2,1-2H3. The molecular formula is C16H22N2S2. The molecule has 3 heterocycles. The minimum atomic E-state index is 0.205. The van der Waals surface area contributed by atoms with Crippen LogP contribution < -0.4 is 5.73 Å². The second-order valence-electron chi connectivity index (χ2n) is 5.50. The molecule has 2 aromatic rings. The Kier molecular flexibility index (Phi) is 4.26. The third-order valence-corrected chi connectivity index (χ3v) is 6.33. The van der Waals surface area contributed by atoms with Crippen LogP contribution >= 0.6 is 22.7 Å². The number of hydrogen-bond acceptors (Lipinski definition) is 4. The van der Waals surface area contributed by atoms with Crippen molar-refractivity contribution in [2.24, 2.45) is 5.73 Å². The Morgan fingerprint density at radius 1 is 1.35 bits per heavy atom. The summed E-state index contributed by atoms with van der Waals surface area (Å²) in [4.78, 5) is 5.57. The number of thiophene rings is 2. The molecule has 0 bridgehead atoms. The maximum Gasteiger partial charge on any atom is 0.0598 e. The molecule has 3 rings (SSSR count). The molecule has 108 valence electrons. The molecule has 0 fully saturated rings. The van der Waals surface area contributed by atoms with Crippen LogP contribution in [-0.2, 0) is 6.42 Å². The zero-order chi connectivity index (χ0) is 14.1. The number of hydrogen-bond donors (Lipinski definition) is 1. The Balaban J connectivity index is 1.93. The van der Waals surface area contributed by atoms with Crippen LogP contribution in [0.5, 0.6) is 0 Å². The summed E-state index contributed by atoms with van der Waals surface area (Å²) in [7, 11) is 0. The van der Waals surface area contributed by atoms with Crippen molar-refractivity contribution >= 4 is 22.7 Å². The first-order valence-corrected chi connectivity index (χ1v) is 9.09. The Morgan fingerprint density at radius 2 is 2.20 bits per heavy atom. The zero-order valence-electron chi connectivity index (χ0n) is 12.1. The van der Waals surface area contributed by atoms with Crippen LogP contribution in [-0.4, -0.2) is 17.5 Å². The molecule has 0 radical (unpaired) electrons. The van der Waals surface area contributed by atoms with Crippen LogP contribution in [0.25, 0.3) is 0 Å². The fourth-order valence-corrected chi connectivity index (χ4v) is 5.10. The van der Waals surface area contributed by atoms with E-state index in [0.717, 1.165) is 19.4 Å². The topological polar surface area (TPSA) is 29.3 Å². The van der Waals surface area contributed by atoms with Crippen LogP contribution in [0.15, 0.2) is 29.0 Å². The smallest absolute Gasteiger partial charge is 0.0598 e. The van der Waals surface area contributed by atoms with Gasteiger partial charge in [0.1, 0.15) is 0 Å². The van der Waals surface area contributed by atoms with Gasteiger partial charge in [0.25, 0.3) is 0 Å². The molecule has 2 N–H and O–H groups in total. The Bertz CT molecular complexity index is 547. The summed E-state index contributed by atoms with van der Waals surface area (Å²) in [6.45, 7) is 5.63. The van der Waals surface area contributed by atoms with Crippen molar-refractivity contribution in [2.75, 3.05) is 6.54 Å². The lowest BCUT2D eigenvalue weighted by molar-refractivity contribution is 0.116. The maximum atomic E-state index is 6.46. The summed E-state index contributed by atoms with van der Waals surface area (Å²) < 4.78 is 0. The third-order valence-electron chi connectivity index (χ3n) is 4.39. The van der Waals surface area contributed by atoms with E-state index >= 15 is 0 Å². The van der Waals surface area contributed by atoms with Gasteiger partial charge in [-0.2, -0.15) is 0 Å². The van der Waals surface area contributed by atoms with Crippen LogP contribution in [0.1, 0.15) is 47.7 Å². The molecule has 0 saturated heterocycles. The van der Waals surface area contributed by atoms with E-state index in [2.05, 4.69) is 47.7 Å². The summed E-state index contributed by atoms with van der Waals surface area (Å²) >= 11 is 3.73. The predicted octanol–water partition coefficient (Wildman–Crippen LogP) is 4.21. The van der Waals surface area contributed by atoms with E-state index in [-0.39, 0.29) is 6.04 Å². The van der Waals surface area contributed by atoms with Crippen LogP contribution in [0, 0.1) is 0 Å². The average Bonchev–Trinajstić information content (AvgIpc) is 3.12. The maximum absolute atomic E-state index is 6.46. The SMILES string of the molecule is CCC(N)C(c1cccs1)N1CCc2sccc2C1C. The van der Waals surface area contributed by atoms with Gasteiger partial charge in [-0.1, -0.05) is 13.0 Å². The van der Waals surface area contributed by atoms with Crippen molar-refractivity contribution in [3.05, 3.63) is 44.3 Å². The molecule has 0 spiro atoms. The number of nitrogens with zero attached hydrogens (tertiary/aromatic N) is 1. The van der Waals surface area contributed by atoms with Crippen molar-refractivity contribution in [2.45, 2.75) is 44.8 Å². The number of nitrogens with two attached hydrogens (primary N) is 1. The first-order valence-electron chi connectivity index (χ1n) is 7.33. The van der Waals surface area contributed by atoms with Crippen molar-refractivity contribution in [3.63, 3.8) is 0 Å². The quantitative estimate of drug-likeness (QED) is 0.917. The normalized spacial score (nSPS) is 22.4. The molecule has 0 amide bonds. The zero-order valence-corrected chi connectivity index (χ0v) is 13.7. The highest BCUT2D eigenvalue weighted by Crippen LogP contribution is 2.40. The van der Waals surface area contributed by atoms with E-state index in [9.17, 15) is 0 Å².